The maximum atomic E-state index is 13.6. The summed E-state index contributed by atoms with van der Waals surface area (Å²) in [5.41, 5.74) is 0.164. The van der Waals surface area contributed by atoms with Gasteiger partial charge in [-0.15, -0.1) is 0 Å². The standard InChI is InChI=1S/C13H13FN2O3S/c1-2-19-13-11(7-5-9-15-13)16-20(17,18)12-8-4-3-6-10(12)14/h3-9,16H,2H2,1H3. The molecule has 0 aliphatic carbocycles. The zero-order chi connectivity index (χ0) is 14.6. The molecule has 0 aliphatic heterocycles. The van der Waals surface area contributed by atoms with Gasteiger partial charge in [-0.3, -0.25) is 4.72 Å². The van der Waals surface area contributed by atoms with Crippen molar-refractivity contribution in [2.24, 2.45) is 0 Å². The SMILES string of the molecule is CCOc1ncccc1NS(=O)(=O)c1ccccc1F. The summed E-state index contributed by atoms with van der Waals surface area (Å²) >= 11 is 0. The topological polar surface area (TPSA) is 68.3 Å². The molecular formula is C13H13FN2O3S. The van der Waals surface area contributed by atoms with Crippen LogP contribution in [0.3, 0.4) is 0 Å². The van der Waals surface area contributed by atoms with Crippen LogP contribution in [0.25, 0.3) is 0 Å². The molecular weight excluding hydrogens is 283 g/mol. The fraction of sp³-hybridized carbons (Fsp3) is 0.154. The molecule has 0 saturated heterocycles. The predicted molar refractivity (Wildman–Crippen MR) is 72.6 cm³/mol. The van der Waals surface area contributed by atoms with Crippen molar-refractivity contribution in [2.45, 2.75) is 11.8 Å². The quantitative estimate of drug-likeness (QED) is 0.920. The van der Waals surface area contributed by atoms with Crippen LogP contribution in [0.1, 0.15) is 6.92 Å². The highest BCUT2D eigenvalue weighted by molar-refractivity contribution is 7.92. The minimum atomic E-state index is -4.03. The molecule has 7 heteroatoms. The molecule has 0 unspecified atom stereocenters. The molecule has 0 aliphatic rings. The number of pyridine rings is 1. The third kappa shape index (κ3) is 3.05. The molecule has 0 atom stereocenters. The molecule has 0 bridgehead atoms. The summed E-state index contributed by atoms with van der Waals surface area (Å²) in [6, 6.07) is 8.20. The first-order valence-corrected chi connectivity index (χ1v) is 7.38. The van der Waals surface area contributed by atoms with E-state index in [2.05, 4.69) is 9.71 Å². The van der Waals surface area contributed by atoms with Crippen molar-refractivity contribution in [3.05, 3.63) is 48.4 Å². The minimum absolute atomic E-state index is 0.148. The van der Waals surface area contributed by atoms with Gasteiger partial charge >= 0.3 is 0 Å². The maximum absolute atomic E-state index is 13.6. The van der Waals surface area contributed by atoms with Crippen LogP contribution in [-0.4, -0.2) is 20.0 Å². The van der Waals surface area contributed by atoms with Crippen molar-refractivity contribution >= 4 is 15.7 Å². The highest BCUT2D eigenvalue weighted by atomic mass is 32.2. The van der Waals surface area contributed by atoms with Crippen molar-refractivity contribution in [3.8, 4) is 5.88 Å². The van der Waals surface area contributed by atoms with E-state index in [1.165, 1.54) is 30.5 Å². The Morgan fingerprint density at radius 1 is 1.25 bits per heavy atom. The van der Waals surface area contributed by atoms with Crippen LogP contribution >= 0.6 is 0 Å². The summed E-state index contributed by atoms with van der Waals surface area (Å²) in [7, 11) is -4.03. The molecule has 1 aromatic carbocycles. The number of anilines is 1. The largest absolute Gasteiger partial charge is 0.476 e. The summed E-state index contributed by atoms with van der Waals surface area (Å²) in [6.07, 6.45) is 1.48. The first-order valence-electron chi connectivity index (χ1n) is 5.89. The number of hydrogen-bond donors (Lipinski definition) is 1. The normalized spacial score (nSPS) is 11.1. The number of ether oxygens (including phenoxy) is 1. The Balaban J connectivity index is 2.37. The monoisotopic (exact) mass is 296 g/mol. The molecule has 106 valence electrons. The van der Waals surface area contributed by atoms with Crippen LogP contribution in [0.2, 0.25) is 0 Å². The van der Waals surface area contributed by atoms with Gasteiger partial charge in [-0.2, -0.15) is 0 Å². The van der Waals surface area contributed by atoms with Gasteiger partial charge in [0.05, 0.1) is 6.61 Å². The van der Waals surface area contributed by atoms with Gasteiger partial charge < -0.3 is 4.74 Å². The van der Waals surface area contributed by atoms with Crippen LogP contribution in [0, 0.1) is 5.82 Å². The van der Waals surface area contributed by atoms with Crippen molar-refractivity contribution < 1.29 is 17.5 Å². The molecule has 0 amide bonds. The number of rotatable bonds is 5. The Hall–Kier alpha value is -2.15. The van der Waals surface area contributed by atoms with Crippen molar-refractivity contribution in [2.75, 3.05) is 11.3 Å². The Labute approximate surface area is 116 Å². The lowest BCUT2D eigenvalue weighted by molar-refractivity contribution is 0.329. The predicted octanol–water partition coefficient (Wildman–Crippen LogP) is 2.42. The number of nitrogens with one attached hydrogen (secondary N) is 1. The summed E-state index contributed by atoms with van der Waals surface area (Å²) < 4.78 is 45.4. The molecule has 20 heavy (non-hydrogen) atoms. The number of benzene rings is 1. The highest BCUT2D eigenvalue weighted by Crippen LogP contribution is 2.24. The summed E-state index contributed by atoms with van der Waals surface area (Å²) in [5, 5.41) is 0. The Morgan fingerprint density at radius 3 is 2.70 bits per heavy atom. The lowest BCUT2D eigenvalue weighted by Gasteiger charge is -2.11. The van der Waals surface area contributed by atoms with Gasteiger partial charge in [0.15, 0.2) is 0 Å². The van der Waals surface area contributed by atoms with E-state index in [9.17, 15) is 12.8 Å². The van der Waals surface area contributed by atoms with E-state index in [4.69, 9.17) is 4.74 Å². The Kier molecular flexibility index (Phi) is 4.19. The molecule has 0 saturated carbocycles. The van der Waals surface area contributed by atoms with Crippen LogP contribution in [0.15, 0.2) is 47.5 Å². The highest BCUT2D eigenvalue weighted by Gasteiger charge is 2.20. The number of sulfonamides is 1. The number of halogens is 1. The number of nitrogens with zero attached hydrogens (tertiary/aromatic N) is 1. The van der Waals surface area contributed by atoms with Gasteiger partial charge in [0.1, 0.15) is 16.4 Å². The second-order valence-corrected chi connectivity index (χ2v) is 5.48. The van der Waals surface area contributed by atoms with E-state index < -0.39 is 20.7 Å². The van der Waals surface area contributed by atoms with Gasteiger partial charge in [0.25, 0.3) is 10.0 Å². The second kappa shape index (κ2) is 5.87. The van der Waals surface area contributed by atoms with Crippen LogP contribution in [0.4, 0.5) is 10.1 Å². The van der Waals surface area contributed by atoms with E-state index in [0.717, 1.165) is 6.07 Å². The summed E-state index contributed by atoms with van der Waals surface area (Å²) in [6.45, 7) is 2.09. The average Bonchev–Trinajstić information content (AvgIpc) is 2.41. The van der Waals surface area contributed by atoms with E-state index in [1.807, 2.05) is 0 Å². The van der Waals surface area contributed by atoms with Crippen LogP contribution in [-0.2, 0) is 10.0 Å². The minimum Gasteiger partial charge on any atom is -0.476 e. The van der Waals surface area contributed by atoms with Crippen molar-refractivity contribution in [3.63, 3.8) is 0 Å². The number of aromatic nitrogens is 1. The van der Waals surface area contributed by atoms with Gasteiger partial charge in [-0.25, -0.2) is 17.8 Å². The van der Waals surface area contributed by atoms with Gasteiger partial charge in [0, 0.05) is 6.20 Å². The van der Waals surface area contributed by atoms with E-state index in [1.54, 1.807) is 13.0 Å². The third-order valence-electron chi connectivity index (χ3n) is 2.42. The first-order chi connectivity index (χ1) is 9.54. The number of hydrogen-bond acceptors (Lipinski definition) is 4. The molecule has 1 N–H and O–H groups in total. The molecule has 5 nitrogen and oxygen atoms in total. The van der Waals surface area contributed by atoms with Crippen molar-refractivity contribution in [1.82, 2.24) is 4.98 Å². The first kappa shape index (κ1) is 14.3. The fourth-order valence-electron chi connectivity index (χ4n) is 1.58. The molecule has 2 aromatic rings. The molecule has 2 rings (SSSR count). The molecule has 0 spiro atoms. The van der Waals surface area contributed by atoms with Crippen molar-refractivity contribution in [1.29, 1.82) is 0 Å². The average molecular weight is 296 g/mol. The van der Waals surface area contributed by atoms with E-state index >= 15 is 0 Å². The molecule has 0 fully saturated rings. The van der Waals surface area contributed by atoms with Gasteiger partial charge in [-0.1, -0.05) is 12.1 Å². The second-order valence-electron chi connectivity index (χ2n) is 3.83. The molecule has 0 radical (unpaired) electrons. The molecule has 1 aromatic heterocycles. The summed E-state index contributed by atoms with van der Waals surface area (Å²) in [5.74, 6) is -0.670. The van der Waals surface area contributed by atoms with E-state index in [0.29, 0.717) is 6.61 Å². The van der Waals surface area contributed by atoms with E-state index in [-0.39, 0.29) is 11.6 Å². The fourth-order valence-corrected chi connectivity index (χ4v) is 2.72. The molecule has 1 heterocycles. The lowest BCUT2D eigenvalue weighted by Crippen LogP contribution is -2.15. The maximum Gasteiger partial charge on any atom is 0.264 e. The Morgan fingerprint density at radius 2 is 2.00 bits per heavy atom. The smallest absolute Gasteiger partial charge is 0.264 e. The Bertz CT molecular complexity index is 704. The van der Waals surface area contributed by atoms with Crippen LogP contribution < -0.4 is 9.46 Å². The van der Waals surface area contributed by atoms with Gasteiger partial charge in [-0.05, 0) is 31.2 Å². The third-order valence-corrected chi connectivity index (χ3v) is 3.82. The zero-order valence-corrected chi connectivity index (χ0v) is 11.5. The van der Waals surface area contributed by atoms with Crippen LogP contribution in [0.5, 0.6) is 5.88 Å². The van der Waals surface area contributed by atoms with Gasteiger partial charge in [0.2, 0.25) is 5.88 Å². The zero-order valence-electron chi connectivity index (χ0n) is 10.7. The lowest BCUT2D eigenvalue weighted by atomic mass is 10.4. The summed E-state index contributed by atoms with van der Waals surface area (Å²) in [4.78, 5) is 3.50.